The number of sulfonamides is 1. The maximum atomic E-state index is 12.7. The van der Waals surface area contributed by atoms with Gasteiger partial charge in [0.1, 0.15) is 5.75 Å². The maximum Gasteiger partial charge on any atom is 0.265 e. The van der Waals surface area contributed by atoms with E-state index in [0.29, 0.717) is 29.5 Å². The molecule has 2 aromatic rings. The molecular formula is C22H27ClN2O4S. The monoisotopic (exact) mass is 450 g/mol. The zero-order chi connectivity index (χ0) is 21.9. The number of hydrogen-bond acceptors (Lipinski definition) is 4. The molecule has 2 aromatic carbocycles. The molecule has 0 saturated carbocycles. The molecule has 1 aliphatic heterocycles. The zero-order valence-corrected chi connectivity index (χ0v) is 19.0. The summed E-state index contributed by atoms with van der Waals surface area (Å²) in [4.78, 5) is 12.7. The fourth-order valence-corrected chi connectivity index (χ4v) is 5.07. The van der Waals surface area contributed by atoms with Crippen LogP contribution in [0.3, 0.4) is 0 Å². The summed E-state index contributed by atoms with van der Waals surface area (Å²) < 4.78 is 32.7. The molecule has 0 unspecified atom stereocenters. The molecule has 6 nitrogen and oxygen atoms in total. The topological polar surface area (TPSA) is 75.7 Å². The van der Waals surface area contributed by atoms with Gasteiger partial charge >= 0.3 is 0 Å². The molecule has 1 heterocycles. The van der Waals surface area contributed by atoms with Gasteiger partial charge in [-0.05, 0) is 81.1 Å². The SMILES string of the molecule is Cc1cc(O[C@@H](C)C(=O)Nc2ccc(S(=O)(=O)N3CCCCC3)cc2)cc(C)c1Cl. The van der Waals surface area contributed by atoms with E-state index in [9.17, 15) is 13.2 Å². The average Bonchev–Trinajstić information content (AvgIpc) is 2.73. The molecule has 1 N–H and O–H groups in total. The van der Waals surface area contributed by atoms with Crippen LogP contribution < -0.4 is 10.1 Å². The number of ether oxygens (including phenoxy) is 1. The molecule has 1 atom stereocenters. The van der Waals surface area contributed by atoms with Crippen molar-refractivity contribution in [3.05, 3.63) is 52.5 Å². The molecule has 3 rings (SSSR count). The number of aryl methyl sites for hydroxylation is 2. The first-order valence-electron chi connectivity index (χ1n) is 10.0. The Balaban J connectivity index is 1.64. The van der Waals surface area contributed by atoms with Crippen molar-refractivity contribution in [2.75, 3.05) is 18.4 Å². The number of nitrogens with zero attached hydrogens (tertiary/aromatic N) is 1. The summed E-state index contributed by atoms with van der Waals surface area (Å²) in [7, 11) is -3.49. The molecule has 0 radical (unpaired) electrons. The largest absolute Gasteiger partial charge is 0.481 e. The molecule has 1 amide bonds. The van der Waals surface area contributed by atoms with Crippen molar-refractivity contribution < 1.29 is 17.9 Å². The highest BCUT2D eigenvalue weighted by Gasteiger charge is 2.26. The van der Waals surface area contributed by atoms with Crippen LogP contribution in [0.2, 0.25) is 5.02 Å². The van der Waals surface area contributed by atoms with E-state index in [1.54, 1.807) is 31.2 Å². The Morgan fingerprint density at radius 1 is 1.07 bits per heavy atom. The number of rotatable bonds is 6. The number of benzene rings is 2. The van der Waals surface area contributed by atoms with E-state index >= 15 is 0 Å². The van der Waals surface area contributed by atoms with E-state index < -0.39 is 16.1 Å². The number of anilines is 1. The summed E-state index contributed by atoms with van der Waals surface area (Å²) in [6.45, 7) is 6.53. The predicted octanol–water partition coefficient (Wildman–Crippen LogP) is 4.54. The summed E-state index contributed by atoms with van der Waals surface area (Å²) in [5.74, 6) is 0.243. The second kappa shape index (κ2) is 9.37. The van der Waals surface area contributed by atoms with Gasteiger partial charge in [0.2, 0.25) is 10.0 Å². The highest BCUT2D eigenvalue weighted by Crippen LogP contribution is 2.27. The molecule has 30 heavy (non-hydrogen) atoms. The Morgan fingerprint density at radius 3 is 2.20 bits per heavy atom. The number of carbonyl (C=O) groups excluding carboxylic acids is 1. The molecule has 8 heteroatoms. The summed E-state index contributed by atoms with van der Waals surface area (Å²) in [5, 5.41) is 3.44. The van der Waals surface area contributed by atoms with Crippen LogP contribution in [-0.2, 0) is 14.8 Å². The third-order valence-electron chi connectivity index (χ3n) is 5.17. The minimum absolute atomic E-state index is 0.235. The fourth-order valence-electron chi connectivity index (χ4n) is 3.44. The quantitative estimate of drug-likeness (QED) is 0.701. The second-order valence-electron chi connectivity index (χ2n) is 7.61. The molecule has 0 aliphatic carbocycles. The lowest BCUT2D eigenvalue weighted by molar-refractivity contribution is -0.122. The molecular weight excluding hydrogens is 424 g/mol. The first kappa shape index (κ1) is 22.6. The number of hydrogen-bond donors (Lipinski definition) is 1. The van der Waals surface area contributed by atoms with E-state index in [1.807, 2.05) is 13.8 Å². The van der Waals surface area contributed by atoms with E-state index in [2.05, 4.69) is 5.32 Å². The minimum atomic E-state index is -3.49. The Morgan fingerprint density at radius 2 is 1.63 bits per heavy atom. The van der Waals surface area contributed by atoms with Crippen molar-refractivity contribution in [3.63, 3.8) is 0 Å². The van der Waals surface area contributed by atoms with Crippen molar-refractivity contribution in [1.82, 2.24) is 4.31 Å². The van der Waals surface area contributed by atoms with Crippen molar-refractivity contribution in [2.24, 2.45) is 0 Å². The van der Waals surface area contributed by atoms with Gasteiger partial charge in [-0.1, -0.05) is 18.0 Å². The second-order valence-corrected chi connectivity index (χ2v) is 9.93. The van der Waals surface area contributed by atoms with Crippen LogP contribution >= 0.6 is 11.6 Å². The molecule has 1 aliphatic rings. The van der Waals surface area contributed by atoms with Crippen molar-refractivity contribution in [2.45, 2.75) is 51.0 Å². The van der Waals surface area contributed by atoms with E-state index in [0.717, 1.165) is 30.4 Å². The van der Waals surface area contributed by atoms with Gasteiger partial charge in [0.05, 0.1) is 4.90 Å². The van der Waals surface area contributed by atoms with Gasteiger partial charge in [-0.2, -0.15) is 4.31 Å². The van der Waals surface area contributed by atoms with Crippen LogP contribution in [0.5, 0.6) is 5.75 Å². The van der Waals surface area contributed by atoms with Gasteiger partial charge in [-0.25, -0.2) is 8.42 Å². The predicted molar refractivity (Wildman–Crippen MR) is 119 cm³/mol. The van der Waals surface area contributed by atoms with E-state index in [1.165, 1.54) is 16.4 Å². The van der Waals surface area contributed by atoms with Gasteiger partial charge in [-0.3, -0.25) is 4.79 Å². The lowest BCUT2D eigenvalue weighted by Crippen LogP contribution is -2.35. The molecule has 1 fully saturated rings. The first-order chi connectivity index (χ1) is 14.2. The summed E-state index contributed by atoms with van der Waals surface area (Å²) >= 11 is 6.17. The van der Waals surface area contributed by atoms with Crippen molar-refractivity contribution in [3.8, 4) is 5.75 Å². The van der Waals surface area contributed by atoms with E-state index in [4.69, 9.17) is 16.3 Å². The average molecular weight is 451 g/mol. The molecule has 0 bridgehead atoms. The van der Waals surface area contributed by atoms with Crippen molar-refractivity contribution in [1.29, 1.82) is 0 Å². The molecule has 162 valence electrons. The summed E-state index contributed by atoms with van der Waals surface area (Å²) in [6, 6.07) is 9.82. The van der Waals surface area contributed by atoms with Gasteiger partial charge in [-0.15, -0.1) is 0 Å². The normalized spacial score (nSPS) is 16.1. The number of amides is 1. The summed E-state index contributed by atoms with van der Waals surface area (Å²) in [6.07, 6.45) is 2.10. The molecule has 1 saturated heterocycles. The van der Waals surface area contributed by atoms with Gasteiger partial charge in [0.15, 0.2) is 6.10 Å². The third-order valence-corrected chi connectivity index (χ3v) is 7.68. The number of carbonyl (C=O) groups is 1. The van der Waals surface area contributed by atoms with Crippen LogP contribution in [0.25, 0.3) is 0 Å². The minimum Gasteiger partial charge on any atom is -0.481 e. The van der Waals surface area contributed by atoms with E-state index in [-0.39, 0.29) is 10.8 Å². The number of halogens is 1. The molecule has 0 aromatic heterocycles. The number of piperidine rings is 1. The van der Waals surface area contributed by atoms with Crippen LogP contribution in [0.4, 0.5) is 5.69 Å². The van der Waals surface area contributed by atoms with Crippen LogP contribution in [0, 0.1) is 13.8 Å². The van der Waals surface area contributed by atoms with Crippen LogP contribution in [0.15, 0.2) is 41.3 Å². The zero-order valence-electron chi connectivity index (χ0n) is 17.4. The van der Waals surface area contributed by atoms with Gasteiger partial charge < -0.3 is 10.1 Å². The number of nitrogens with one attached hydrogen (secondary N) is 1. The third kappa shape index (κ3) is 5.14. The lowest BCUT2D eigenvalue weighted by atomic mass is 10.1. The highest BCUT2D eigenvalue weighted by atomic mass is 35.5. The Bertz CT molecular complexity index is 993. The Hall–Kier alpha value is -2.09. The van der Waals surface area contributed by atoms with Crippen LogP contribution in [0.1, 0.15) is 37.3 Å². The summed E-state index contributed by atoms with van der Waals surface area (Å²) in [5.41, 5.74) is 2.27. The first-order valence-corrected chi connectivity index (χ1v) is 11.8. The Kier molecular flexibility index (Phi) is 7.06. The van der Waals surface area contributed by atoms with Gasteiger partial charge in [0.25, 0.3) is 5.91 Å². The highest BCUT2D eigenvalue weighted by molar-refractivity contribution is 7.89. The lowest BCUT2D eigenvalue weighted by Gasteiger charge is -2.25. The van der Waals surface area contributed by atoms with Crippen molar-refractivity contribution >= 4 is 33.2 Å². The standard InChI is InChI=1S/C22H27ClN2O4S/c1-15-13-19(14-16(2)21(15)23)29-17(3)22(26)24-18-7-9-20(10-8-18)30(27,28)25-11-5-4-6-12-25/h7-10,13-14,17H,4-6,11-12H2,1-3H3,(H,24,26)/t17-/m0/s1. The maximum absolute atomic E-state index is 12.7. The molecule has 0 spiro atoms. The van der Waals surface area contributed by atoms with Crippen LogP contribution in [-0.4, -0.2) is 37.8 Å². The fraction of sp³-hybridized carbons (Fsp3) is 0.409. The van der Waals surface area contributed by atoms with Gasteiger partial charge in [0, 0.05) is 23.8 Å². The smallest absolute Gasteiger partial charge is 0.265 e. The Labute approximate surface area is 183 Å².